The molecule has 1 aromatic heterocycles. The Morgan fingerprint density at radius 3 is 2.85 bits per heavy atom. The number of esters is 1. The molecule has 0 bridgehead atoms. The molecule has 1 saturated carbocycles. The summed E-state index contributed by atoms with van der Waals surface area (Å²) in [4.78, 5) is 17.1. The van der Waals surface area contributed by atoms with Crippen LogP contribution in [0.5, 0.6) is 0 Å². The predicted molar refractivity (Wildman–Crippen MR) is 81.4 cm³/mol. The van der Waals surface area contributed by atoms with Crippen LogP contribution in [0.1, 0.15) is 37.6 Å². The molecule has 1 aliphatic carbocycles. The van der Waals surface area contributed by atoms with Crippen molar-refractivity contribution in [2.75, 3.05) is 6.61 Å². The highest BCUT2D eigenvalue weighted by atomic mass is 35.5. The molecule has 2 aromatic rings. The van der Waals surface area contributed by atoms with Crippen molar-refractivity contribution in [3.8, 4) is 0 Å². The van der Waals surface area contributed by atoms with Crippen molar-refractivity contribution in [2.45, 2.75) is 38.0 Å². The van der Waals surface area contributed by atoms with Crippen LogP contribution in [0.15, 0.2) is 18.2 Å². The lowest BCUT2D eigenvalue weighted by Crippen LogP contribution is -2.34. The minimum atomic E-state index is -0.553. The average molecular weight is 310 g/mol. The summed E-state index contributed by atoms with van der Waals surface area (Å²) in [6, 6.07) is 5.69. The van der Waals surface area contributed by atoms with Gasteiger partial charge in [0, 0.05) is 0 Å². The summed E-state index contributed by atoms with van der Waals surface area (Å²) >= 11 is 7.75. The number of fused-ring (bicyclic) bond motifs is 1. The summed E-state index contributed by atoms with van der Waals surface area (Å²) < 4.78 is 6.26. The molecular weight excluding hydrogens is 294 g/mol. The van der Waals surface area contributed by atoms with Crippen LogP contribution >= 0.6 is 22.9 Å². The van der Waals surface area contributed by atoms with Gasteiger partial charge in [-0.25, -0.2) is 4.98 Å². The van der Waals surface area contributed by atoms with Crippen molar-refractivity contribution < 1.29 is 9.53 Å². The third-order valence-electron chi connectivity index (χ3n) is 3.90. The maximum Gasteiger partial charge on any atom is 0.319 e. The fraction of sp³-hybridized carbons (Fsp3) is 0.467. The minimum Gasteiger partial charge on any atom is -0.465 e. The molecule has 1 fully saturated rings. The Labute approximate surface area is 126 Å². The van der Waals surface area contributed by atoms with E-state index < -0.39 is 5.41 Å². The SMILES string of the molecule is CCOC(=O)C1(c2nc3cccc(Cl)c3s2)CCCC1. The van der Waals surface area contributed by atoms with Crippen molar-refractivity contribution in [1.29, 1.82) is 0 Å². The first kappa shape index (κ1) is 13.8. The van der Waals surface area contributed by atoms with Gasteiger partial charge in [0.1, 0.15) is 10.4 Å². The molecule has 0 N–H and O–H groups in total. The van der Waals surface area contributed by atoms with Gasteiger partial charge in [0.05, 0.1) is 21.8 Å². The third-order valence-corrected chi connectivity index (χ3v) is 5.64. The molecule has 0 atom stereocenters. The number of hydrogen-bond acceptors (Lipinski definition) is 4. The lowest BCUT2D eigenvalue weighted by molar-refractivity contribution is -0.150. The number of hydrogen-bond donors (Lipinski definition) is 0. The van der Waals surface area contributed by atoms with Crippen molar-refractivity contribution in [3.63, 3.8) is 0 Å². The second-order valence-electron chi connectivity index (χ2n) is 5.12. The van der Waals surface area contributed by atoms with E-state index in [4.69, 9.17) is 16.3 Å². The van der Waals surface area contributed by atoms with E-state index in [9.17, 15) is 4.79 Å². The molecule has 20 heavy (non-hydrogen) atoms. The van der Waals surface area contributed by atoms with E-state index in [1.165, 1.54) is 11.3 Å². The van der Waals surface area contributed by atoms with E-state index in [2.05, 4.69) is 4.98 Å². The molecule has 1 aliphatic rings. The molecule has 0 radical (unpaired) electrons. The van der Waals surface area contributed by atoms with Crippen LogP contribution in [0.4, 0.5) is 0 Å². The average Bonchev–Trinajstić information content (AvgIpc) is 3.07. The molecule has 3 rings (SSSR count). The molecule has 1 aromatic carbocycles. The van der Waals surface area contributed by atoms with Gasteiger partial charge in [-0.1, -0.05) is 30.5 Å². The number of benzene rings is 1. The van der Waals surface area contributed by atoms with Crippen LogP contribution in [0.25, 0.3) is 10.2 Å². The number of thiazole rings is 1. The number of carbonyl (C=O) groups is 1. The monoisotopic (exact) mass is 309 g/mol. The summed E-state index contributed by atoms with van der Waals surface area (Å²) in [6.07, 6.45) is 3.73. The minimum absolute atomic E-state index is 0.132. The fourth-order valence-electron chi connectivity index (χ4n) is 2.87. The van der Waals surface area contributed by atoms with Gasteiger partial charge in [0.15, 0.2) is 0 Å². The van der Waals surface area contributed by atoms with Gasteiger partial charge < -0.3 is 4.74 Å². The topological polar surface area (TPSA) is 39.2 Å². The first-order chi connectivity index (χ1) is 9.67. The van der Waals surface area contributed by atoms with Gasteiger partial charge in [-0.15, -0.1) is 11.3 Å². The van der Waals surface area contributed by atoms with Gasteiger partial charge in [-0.2, -0.15) is 0 Å². The predicted octanol–water partition coefficient (Wildman–Crippen LogP) is 4.32. The zero-order valence-electron chi connectivity index (χ0n) is 11.3. The Balaban J connectivity index is 2.10. The molecule has 0 spiro atoms. The first-order valence-electron chi connectivity index (χ1n) is 6.90. The summed E-state index contributed by atoms with van der Waals surface area (Å²) in [5, 5.41) is 1.56. The second kappa shape index (κ2) is 5.34. The van der Waals surface area contributed by atoms with Gasteiger partial charge in [0.25, 0.3) is 0 Å². The Kier molecular flexibility index (Phi) is 3.69. The zero-order chi connectivity index (χ0) is 14.2. The Morgan fingerprint density at radius 2 is 2.20 bits per heavy atom. The highest BCUT2D eigenvalue weighted by Gasteiger charge is 2.46. The number of rotatable bonds is 3. The highest BCUT2D eigenvalue weighted by Crippen LogP contribution is 2.45. The van der Waals surface area contributed by atoms with Gasteiger partial charge in [0.2, 0.25) is 0 Å². The Morgan fingerprint density at radius 1 is 1.45 bits per heavy atom. The number of halogens is 1. The maximum atomic E-state index is 12.4. The molecule has 0 saturated heterocycles. The van der Waals surface area contributed by atoms with Crippen LogP contribution in [-0.4, -0.2) is 17.6 Å². The highest BCUT2D eigenvalue weighted by molar-refractivity contribution is 7.19. The molecule has 0 amide bonds. The lowest BCUT2D eigenvalue weighted by Gasteiger charge is -2.23. The quantitative estimate of drug-likeness (QED) is 0.792. The van der Waals surface area contributed by atoms with Crippen LogP contribution in [0.2, 0.25) is 5.02 Å². The van der Waals surface area contributed by atoms with E-state index in [1.54, 1.807) is 0 Å². The Bertz CT molecular complexity index is 646. The smallest absolute Gasteiger partial charge is 0.319 e. The lowest BCUT2D eigenvalue weighted by atomic mass is 9.87. The number of nitrogens with zero attached hydrogens (tertiary/aromatic N) is 1. The van der Waals surface area contributed by atoms with E-state index >= 15 is 0 Å². The number of ether oxygens (including phenoxy) is 1. The summed E-state index contributed by atoms with van der Waals surface area (Å²) in [5.74, 6) is -0.132. The summed E-state index contributed by atoms with van der Waals surface area (Å²) in [6.45, 7) is 2.25. The van der Waals surface area contributed by atoms with Crippen LogP contribution in [0.3, 0.4) is 0 Å². The van der Waals surface area contributed by atoms with E-state index in [-0.39, 0.29) is 5.97 Å². The standard InChI is InChI=1S/C15H16ClNO2S/c1-2-19-14(18)15(8-3-4-9-15)13-17-11-7-5-6-10(16)12(11)20-13/h5-7H,2-4,8-9H2,1H3. The van der Waals surface area contributed by atoms with Crippen LogP contribution in [0, 0.1) is 0 Å². The van der Waals surface area contributed by atoms with Crippen molar-refractivity contribution in [2.24, 2.45) is 0 Å². The summed E-state index contributed by atoms with van der Waals surface area (Å²) in [7, 11) is 0. The molecule has 1 heterocycles. The summed E-state index contributed by atoms with van der Waals surface area (Å²) in [5.41, 5.74) is 0.316. The molecular formula is C15H16ClNO2S. The molecule has 0 unspecified atom stereocenters. The number of carbonyl (C=O) groups excluding carboxylic acids is 1. The van der Waals surface area contributed by atoms with E-state index in [1.807, 2.05) is 25.1 Å². The largest absolute Gasteiger partial charge is 0.465 e. The van der Waals surface area contributed by atoms with Crippen LogP contribution < -0.4 is 0 Å². The molecule has 5 heteroatoms. The van der Waals surface area contributed by atoms with Crippen molar-refractivity contribution in [1.82, 2.24) is 4.98 Å². The van der Waals surface area contributed by atoms with Crippen molar-refractivity contribution in [3.05, 3.63) is 28.2 Å². The first-order valence-corrected chi connectivity index (χ1v) is 8.09. The van der Waals surface area contributed by atoms with Gasteiger partial charge in [-0.05, 0) is 31.9 Å². The van der Waals surface area contributed by atoms with Gasteiger partial charge >= 0.3 is 5.97 Å². The van der Waals surface area contributed by atoms with Crippen LogP contribution in [-0.2, 0) is 14.9 Å². The molecule has 106 valence electrons. The normalized spacial score (nSPS) is 17.5. The Hall–Kier alpha value is -1.13. The number of aromatic nitrogens is 1. The second-order valence-corrected chi connectivity index (χ2v) is 6.52. The third kappa shape index (κ3) is 2.11. The maximum absolute atomic E-state index is 12.4. The van der Waals surface area contributed by atoms with Crippen molar-refractivity contribution >= 4 is 39.1 Å². The fourth-order valence-corrected chi connectivity index (χ4v) is 4.36. The zero-order valence-corrected chi connectivity index (χ0v) is 12.9. The molecule has 0 aliphatic heterocycles. The molecule has 3 nitrogen and oxygen atoms in total. The van der Waals surface area contributed by atoms with Gasteiger partial charge in [-0.3, -0.25) is 4.79 Å². The van der Waals surface area contributed by atoms with E-state index in [0.717, 1.165) is 40.9 Å². The van der Waals surface area contributed by atoms with E-state index in [0.29, 0.717) is 11.6 Å².